The fourth-order valence-corrected chi connectivity index (χ4v) is 4.39. The van der Waals surface area contributed by atoms with Crippen molar-refractivity contribution in [3.63, 3.8) is 0 Å². The first-order chi connectivity index (χ1) is 9.07. The normalized spacial score (nSPS) is 21.9. The van der Waals surface area contributed by atoms with E-state index in [0.29, 0.717) is 6.42 Å². The van der Waals surface area contributed by atoms with Gasteiger partial charge in [0, 0.05) is 6.42 Å². The molecule has 4 nitrogen and oxygen atoms in total. The van der Waals surface area contributed by atoms with Gasteiger partial charge in [-0.15, -0.1) is 0 Å². The minimum atomic E-state index is -0.874. The molecule has 0 aromatic rings. The zero-order chi connectivity index (χ0) is 13.9. The molecule has 108 valence electrons. The molecule has 0 bridgehead atoms. The Kier molecular flexibility index (Phi) is 4.48. The maximum absolute atomic E-state index is 12.0. The van der Waals surface area contributed by atoms with E-state index >= 15 is 0 Å². The zero-order valence-electron chi connectivity index (χ0n) is 11.4. The lowest BCUT2D eigenvalue weighted by Crippen LogP contribution is -2.44. The first-order valence-corrected chi connectivity index (χ1v) is 7.52. The van der Waals surface area contributed by atoms with Gasteiger partial charge in [-0.2, -0.15) is 0 Å². The Balaban J connectivity index is 2.25. The van der Waals surface area contributed by atoms with Crippen molar-refractivity contribution >= 4 is 11.9 Å². The largest absolute Gasteiger partial charge is 0.481 e. The van der Waals surface area contributed by atoms with E-state index in [1.165, 1.54) is 0 Å². The summed E-state index contributed by atoms with van der Waals surface area (Å²) in [6, 6.07) is 0. The molecule has 2 rings (SSSR count). The fraction of sp³-hybridized carbons (Fsp3) is 0.867. The molecule has 19 heavy (non-hydrogen) atoms. The number of aliphatic carboxylic acids is 2. The van der Waals surface area contributed by atoms with Gasteiger partial charge >= 0.3 is 11.9 Å². The second kappa shape index (κ2) is 5.93. The van der Waals surface area contributed by atoms with Crippen LogP contribution in [0, 0.1) is 17.3 Å². The molecule has 0 heterocycles. The molecule has 0 atom stereocenters. The fourth-order valence-electron chi connectivity index (χ4n) is 4.39. The molecule has 0 aliphatic heterocycles. The van der Waals surface area contributed by atoms with Crippen LogP contribution in [0.1, 0.15) is 64.2 Å². The molecule has 0 spiro atoms. The first kappa shape index (κ1) is 14.4. The van der Waals surface area contributed by atoms with Gasteiger partial charge in [0.25, 0.3) is 0 Å². The van der Waals surface area contributed by atoms with Crippen LogP contribution >= 0.6 is 0 Å². The third-order valence-corrected chi connectivity index (χ3v) is 5.32. The molecule has 0 amide bonds. The average molecular weight is 268 g/mol. The van der Waals surface area contributed by atoms with Crippen LogP contribution in [-0.2, 0) is 9.59 Å². The molecular weight excluding hydrogens is 244 g/mol. The average Bonchev–Trinajstić information content (AvgIpc) is 3.01. The Hall–Kier alpha value is -1.06. The van der Waals surface area contributed by atoms with Gasteiger partial charge < -0.3 is 10.2 Å². The Morgan fingerprint density at radius 3 is 1.63 bits per heavy atom. The van der Waals surface area contributed by atoms with Crippen molar-refractivity contribution in [2.24, 2.45) is 17.3 Å². The van der Waals surface area contributed by atoms with Crippen LogP contribution in [-0.4, -0.2) is 22.2 Å². The summed E-state index contributed by atoms with van der Waals surface area (Å²) >= 11 is 0. The van der Waals surface area contributed by atoms with Gasteiger partial charge in [0.05, 0.1) is 5.41 Å². The second-order valence-corrected chi connectivity index (χ2v) is 6.20. The molecule has 0 saturated heterocycles. The highest BCUT2D eigenvalue weighted by Crippen LogP contribution is 2.53. The van der Waals surface area contributed by atoms with Crippen LogP contribution in [0.2, 0.25) is 0 Å². The molecule has 0 radical (unpaired) electrons. The van der Waals surface area contributed by atoms with Crippen LogP contribution in [0.3, 0.4) is 0 Å². The topological polar surface area (TPSA) is 74.6 Å². The Morgan fingerprint density at radius 2 is 1.32 bits per heavy atom. The number of rotatable bonds is 6. The minimum absolute atomic E-state index is 0.0146. The van der Waals surface area contributed by atoms with Crippen LogP contribution in [0.25, 0.3) is 0 Å². The van der Waals surface area contributed by atoms with E-state index in [0.717, 1.165) is 51.4 Å². The van der Waals surface area contributed by atoms with Crippen molar-refractivity contribution in [1.82, 2.24) is 0 Å². The number of hydrogen-bond donors (Lipinski definition) is 2. The summed E-state index contributed by atoms with van der Waals surface area (Å²) in [7, 11) is 0. The first-order valence-electron chi connectivity index (χ1n) is 7.52. The van der Waals surface area contributed by atoms with Crippen molar-refractivity contribution in [3.8, 4) is 0 Å². The Morgan fingerprint density at radius 1 is 0.895 bits per heavy atom. The highest BCUT2D eigenvalue weighted by molar-refractivity contribution is 5.77. The lowest BCUT2D eigenvalue weighted by Gasteiger charge is -2.40. The zero-order valence-corrected chi connectivity index (χ0v) is 11.4. The quantitative estimate of drug-likeness (QED) is 0.775. The van der Waals surface area contributed by atoms with Gasteiger partial charge in [-0.1, -0.05) is 25.7 Å². The molecular formula is C15H24O4. The van der Waals surface area contributed by atoms with E-state index in [2.05, 4.69) is 0 Å². The van der Waals surface area contributed by atoms with E-state index in [9.17, 15) is 14.7 Å². The molecule has 0 unspecified atom stereocenters. The Labute approximate surface area is 114 Å². The molecule has 0 aromatic heterocycles. The van der Waals surface area contributed by atoms with Gasteiger partial charge in [0.2, 0.25) is 0 Å². The number of carbonyl (C=O) groups is 2. The van der Waals surface area contributed by atoms with E-state index < -0.39 is 17.4 Å². The molecule has 2 fully saturated rings. The summed E-state index contributed by atoms with van der Waals surface area (Å²) in [5.41, 5.74) is -0.772. The number of carboxylic acids is 2. The molecule has 2 aliphatic carbocycles. The van der Waals surface area contributed by atoms with Crippen molar-refractivity contribution in [1.29, 1.82) is 0 Å². The van der Waals surface area contributed by atoms with Gasteiger partial charge in [-0.05, 0) is 43.9 Å². The summed E-state index contributed by atoms with van der Waals surface area (Å²) in [5.74, 6) is -1.24. The summed E-state index contributed by atoms with van der Waals surface area (Å²) in [4.78, 5) is 22.9. The van der Waals surface area contributed by atoms with E-state index in [1.807, 2.05) is 0 Å². The summed E-state index contributed by atoms with van der Waals surface area (Å²) < 4.78 is 0. The lowest BCUT2D eigenvalue weighted by molar-refractivity contribution is -0.159. The van der Waals surface area contributed by atoms with Crippen molar-refractivity contribution in [2.45, 2.75) is 64.2 Å². The van der Waals surface area contributed by atoms with E-state index in [-0.39, 0.29) is 18.3 Å². The monoisotopic (exact) mass is 268 g/mol. The predicted octanol–water partition coefficient (Wildman–Crippen LogP) is 3.30. The van der Waals surface area contributed by atoms with Crippen molar-refractivity contribution in [3.05, 3.63) is 0 Å². The predicted molar refractivity (Wildman–Crippen MR) is 70.9 cm³/mol. The molecule has 2 saturated carbocycles. The summed E-state index contributed by atoms with van der Waals surface area (Å²) in [5, 5.41) is 18.8. The third-order valence-electron chi connectivity index (χ3n) is 5.32. The summed E-state index contributed by atoms with van der Waals surface area (Å²) in [6.45, 7) is 0. The van der Waals surface area contributed by atoms with Crippen LogP contribution in [0.5, 0.6) is 0 Å². The molecule has 2 N–H and O–H groups in total. The SMILES string of the molecule is O=C(O)CCC(C(=O)O)(C1CCCC1)C1CCCC1. The Bertz CT molecular complexity index is 322. The minimum Gasteiger partial charge on any atom is -0.481 e. The van der Waals surface area contributed by atoms with Crippen LogP contribution in [0.15, 0.2) is 0 Å². The molecule has 0 aromatic carbocycles. The number of hydrogen-bond acceptors (Lipinski definition) is 2. The van der Waals surface area contributed by atoms with Gasteiger partial charge in [-0.3, -0.25) is 9.59 Å². The lowest BCUT2D eigenvalue weighted by atomic mass is 9.62. The van der Waals surface area contributed by atoms with Crippen LogP contribution in [0.4, 0.5) is 0 Å². The second-order valence-electron chi connectivity index (χ2n) is 6.20. The van der Waals surface area contributed by atoms with Gasteiger partial charge in [0.15, 0.2) is 0 Å². The highest BCUT2D eigenvalue weighted by Gasteiger charge is 2.52. The number of carboxylic acid groups (broad SMARTS) is 2. The van der Waals surface area contributed by atoms with Crippen molar-refractivity contribution in [2.75, 3.05) is 0 Å². The van der Waals surface area contributed by atoms with Gasteiger partial charge in [-0.25, -0.2) is 0 Å². The highest BCUT2D eigenvalue weighted by atomic mass is 16.4. The van der Waals surface area contributed by atoms with Gasteiger partial charge in [0.1, 0.15) is 0 Å². The maximum atomic E-state index is 12.0. The van der Waals surface area contributed by atoms with E-state index in [4.69, 9.17) is 5.11 Å². The molecule has 4 heteroatoms. The van der Waals surface area contributed by atoms with E-state index in [1.54, 1.807) is 0 Å². The smallest absolute Gasteiger partial charge is 0.310 e. The molecule has 2 aliphatic rings. The third kappa shape index (κ3) is 2.77. The van der Waals surface area contributed by atoms with Crippen molar-refractivity contribution < 1.29 is 19.8 Å². The summed E-state index contributed by atoms with van der Waals surface area (Å²) in [6.07, 6.45) is 8.53. The standard InChI is InChI=1S/C15H24O4/c16-13(17)9-10-15(14(18)19,11-5-1-2-6-11)12-7-3-4-8-12/h11-12H,1-10H2,(H,16,17)(H,18,19). The maximum Gasteiger partial charge on any atom is 0.310 e. The van der Waals surface area contributed by atoms with Crippen LogP contribution < -0.4 is 0 Å².